The van der Waals surface area contributed by atoms with Crippen molar-refractivity contribution in [3.8, 4) is 0 Å². The van der Waals surface area contributed by atoms with Crippen LogP contribution in [-0.4, -0.2) is 18.4 Å². The fourth-order valence-electron chi connectivity index (χ4n) is 2.50. The molecule has 7 heteroatoms. The maximum Gasteiger partial charge on any atom is 0.263 e. The summed E-state index contributed by atoms with van der Waals surface area (Å²) in [5.74, 6) is -0.518. The van der Waals surface area contributed by atoms with Gasteiger partial charge >= 0.3 is 0 Å². The van der Waals surface area contributed by atoms with Gasteiger partial charge in [-0.2, -0.15) is 0 Å². The molecule has 3 aromatic rings. The molecule has 2 aromatic heterocycles. The van der Waals surface area contributed by atoms with Crippen molar-refractivity contribution in [1.29, 1.82) is 0 Å². The van der Waals surface area contributed by atoms with E-state index in [2.05, 4.69) is 21.6 Å². The minimum absolute atomic E-state index is 0.0516. The minimum atomic E-state index is -3.83. The van der Waals surface area contributed by atoms with E-state index >= 15 is 0 Å². The average molecular weight is 347 g/mol. The highest BCUT2D eigenvalue weighted by Gasteiger charge is 2.17. The number of aromatic nitrogens is 2. The average Bonchev–Trinajstić information content (AvgIpc) is 3.01. The number of nitrogens with one attached hydrogen (secondary N) is 2. The summed E-state index contributed by atoms with van der Waals surface area (Å²) in [4.78, 5) is 7.11. The molecule has 126 valence electrons. The standard InChI is InChI=1S/C17H18FN3O2S/c1-2-3-4-13-5-6-14(11-20-13)24(22,23)21-17-10-12(18)9-16-15(17)7-8-19-16/h5-11,19,21H,2-4H2,1H3. The van der Waals surface area contributed by atoms with E-state index in [-0.39, 0.29) is 10.6 Å². The summed E-state index contributed by atoms with van der Waals surface area (Å²) < 4.78 is 41.1. The first kappa shape index (κ1) is 16.4. The van der Waals surface area contributed by atoms with Gasteiger partial charge in [-0.1, -0.05) is 13.3 Å². The summed E-state index contributed by atoms with van der Waals surface area (Å²) in [6.07, 6.45) is 5.84. The second kappa shape index (κ2) is 6.60. The molecule has 0 saturated heterocycles. The molecule has 0 saturated carbocycles. The third-order valence-electron chi connectivity index (χ3n) is 3.77. The maximum absolute atomic E-state index is 13.7. The Morgan fingerprint density at radius 2 is 2.08 bits per heavy atom. The van der Waals surface area contributed by atoms with Gasteiger partial charge in [-0.15, -0.1) is 0 Å². The van der Waals surface area contributed by atoms with Gasteiger partial charge in [0.2, 0.25) is 0 Å². The summed E-state index contributed by atoms with van der Waals surface area (Å²) in [5.41, 5.74) is 1.58. The molecule has 24 heavy (non-hydrogen) atoms. The van der Waals surface area contributed by atoms with E-state index in [1.54, 1.807) is 18.3 Å². The van der Waals surface area contributed by atoms with Gasteiger partial charge in [-0.25, -0.2) is 12.8 Å². The van der Waals surface area contributed by atoms with Crippen LogP contribution >= 0.6 is 0 Å². The number of H-pyrrole nitrogens is 1. The van der Waals surface area contributed by atoms with E-state index < -0.39 is 15.8 Å². The number of halogens is 1. The Bertz CT molecular complexity index is 950. The zero-order valence-corrected chi connectivity index (χ0v) is 14.0. The summed E-state index contributed by atoms with van der Waals surface area (Å²) in [6.45, 7) is 2.09. The molecule has 0 atom stereocenters. The Hall–Kier alpha value is -2.41. The zero-order chi connectivity index (χ0) is 17.2. The largest absolute Gasteiger partial charge is 0.361 e. The second-order valence-electron chi connectivity index (χ2n) is 5.59. The molecule has 0 aliphatic heterocycles. The van der Waals surface area contributed by atoms with E-state index in [9.17, 15) is 12.8 Å². The number of hydrogen-bond donors (Lipinski definition) is 2. The number of pyridine rings is 1. The van der Waals surface area contributed by atoms with Crippen LogP contribution in [0, 0.1) is 5.82 Å². The second-order valence-corrected chi connectivity index (χ2v) is 7.27. The topological polar surface area (TPSA) is 74.8 Å². The molecule has 0 unspecified atom stereocenters. The maximum atomic E-state index is 13.7. The number of rotatable bonds is 6. The first-order valence-corrected chi connectivity index (χ1v) is 9.22. The molecule has 0 amide bonds. The molecule has 0 spiro atoms. The van der Waals surface area contributed by atoms with Crippen LogP contribution in [0.5, 0.6) is 0 Å². The predicted molar refractivity (Wildman–Crippen MR) is 91.9 cm³/mol. The van der Waals surface area contributed by atoms with Crippen molar-refractivity contribution < 1.29 is 12.8 Å². The molecular formula is C17H18FN3O2S. The number of anilines is 1. The molecule has 2 N–H and O–H groups in total. The Morgan fingerprint density at radius 3 is 2.79 bits per heavy atom. The zero-order valence-electron chi connectivity index (χ0n) is 13.2. The highest BCUT2D eigenvalue weighted by atomic mass is 32.2. The van der Waals surface area contributed by atoms with E-state index in [1.807, 2.05) is 0 Å². The van der Waals surface area contributed by atoms with Crippen LogP contribution in [0.2, 0.25) is 0 Å². The van der Waals surface area contributed by atoms with Gasteiger partial charge in [0.15, 0.2) is 0 Å². The lowest BCUT2D eigenvalue weighted by molar-refractivity contribution is 0.600. The molecular weight excluding hydrogens is 329 g/mol. The van der Waals surface area contributed by atoms with E-state index in [0.717, 1.165) is 31.0 Å². The van der Waals surface area contributed by atoms with Gasteiger partial charge in [-0.05, 0) is 43.2 Å². The molecule has 1 aromatic carbocycles. The Morgan fingerprint density at radius 1 is 1.25 bits per heavy atom. The number of fused-ring (bicyclic) bond motifs is 1. The number of aryl methyl sites for hydroxylation is 1. The third kappa shape index (κ3) is 3.41. The lowest BCUT2D eigenvalue weighted by Gasteiger charge is -2.10. The highest BCUT2D eigenvalue weighted by molar-refractivity contribution is 7.92. The normalized spacial score (nSPS) is 11.8. The van der Waals surface area contributed by atoms with Crippen molar-refractivity contribution in [3.05, 3.63) is 54.2 Å². The van der Waals surface area contributed by atoms with Crippen molar-refractivity contribution in [1.82, 2.24) is 9.97 Å². The lowest BCUT2D eigenvalue weighted by Crippen LogP contribution is -2.13. The van der Waals surface area contributed by atoms with Crippen LogP contribution in [0.4, 0.5) is 10.1 Å². The third-order valence-corrected chi connectivity index (χ3v) is 5.12. The van der Waals surface area contributed by atoms with Crippen LogP contribution in [0.15, 0.2) is 47.6 Å². The molecule has 0 aliphatic rings. The molecule has 0 fully saturated rings. The quantitative estimate of drug-likeness (QED) is 0.711. The molecule has 5 nitrogen and oxygen atoms in total. The first-order valence-electron chi connectivity index (χ1n) is 7.74. The highest BCUT2D eigenvalue weighted by Crippen LogP contribution is 2.26. The molecule has 0 bridgehead atoms. The number of unbranched alkanes of at least 4 members (excludes halogenated alkanes) is 1. The van der Waals surface area contributed by atoms with Crippen LogP contribution in [0.3, 0.4) is 0 Å². The van der Waals surface area contributed by atoms with Crippen LogP contribution in [0.1, 0.15) is 25.5 Å². The summed E-state index contributed by atoms with van der Waals surface area (Å²) in [5, 5.41) is 0.604. The number of aromatic amines is 1. The van der Waals surface area contributed by atoms with Gasteiger partial charge in [0.25, 0.3) is 10.0 Å². The monoisotopic (exact) mass is 347 g/mol. The van der Waals surface area contributed by atoms with E-state index in [1.165, 1.54) is 18.3 Å². The molecule has 0 aliphatic carbocycles. The molecule has 0 radical (unpaired) electrons. The number of hydrogen-bond acceptors (Lipinski definition) is 3. The number of sulfonamides is 1. The summed E-state index contributed by atoms with van der Waals surface area (Å²) in [7, 11) is -3.83. The Kier molecular flexibility index (Phi) is 4.53. The van der Waals surface area contributed by atoms with E-state index in [0.29, 0.717) is 10.9 Å². The van der Waals surface area contributed by atoms with E-state index in [4.69, 9.17) is 0 Å². The molecule has 2 heterocycles. The summed E-state index contributed by atoms with van der Waals surface area (Å²) in [6, 6.07) is 7.41. The van der Waals surface area contributed by atoms with Gasteiger partial charge in [0.1, 0.15) is 10.7 Å². The first-order chi connectivity index (χ1) is 11.5. The van der Waals surface area contributed by atoms with Gasteiger partial charge < -0.3 is 4.98 Å². The number of nitrogens with zero attached hydrogens (tertiary/aromatic N) is 1. The van der Waals surface area contributed by atoms with Gasteiger partial charge in [0.05, 0.1) is 11.2 Å². The van der Waals surface area contributed by atoms with Crippen LogP contribution in [-0.2, 0) is 16.4 Å². The van der Waals surface area contributed by atoms with Crippen molar-refractivity contribution in [3.63, 3.8) is 0 Å². The fraction of sp³-hybridized carbons (Fsp3) is 0.235. The SMILES string of the molecule is CCCCc1ccc(S(=O)(=O)Nc2cc(F)cc3[nH]ccc23)cn1. The van der Waals surface area contributed by atoms with Crippen molar-refractivity contribution in [2.24, 2.45) is 0 Å². The Labute approximate surface area is 140 Å². The van der Waals surface area contributed by atoms with Crippen molar-refractivity contribution >= 4 is 26.6 Å². The van der Waals surface area contributed by atoms with Crippen molar-refractivity contribution in [2.75, 3.05) is 4.72 Å². The van der Waals surface area contributed by atoms with Crippen LogP contribution in [0.25, 0.3) is 10.9 Å². The van der Waals surface area contributed by atoms with Gasteiger partial charge in [-0.3, -0.25) is 9.71 Å². The predicted octanol–water partition coefficient (Wildman–Crippen LogP) is 3.85. The molecule has 3 rings (SSSR count). The lowest BCUT2D eigenvalue weighted by atomic mass is 10.2. The van der Waals surface area contributed by atoms with Gasteiger partial charge in [0, 0.05) is 23.5 Å². The smallest absolute Gasteiger partial charge is 0.263 e. The fourth-order valence-corrected chi connectivity index (χ4v) is 3.51. The summed E-state index contributed by atoms with van der Waals surface area (Å²) >= 11 is 0. The van der Waals surface area contributed by atoms with Crippen LogP contribution < -0.4 is 4.72 Å². The number of benzene rings is 1. The minimum Gasteiger partial charge on any atom is -0.361 e. The van der Waals surface area contributed by atoms with Crippen molar-refractivity contribution in [2.45, 2.75) is 31.1 Å². The Balaban J connectivity index is 1.89.